The molecule has 6 rings (SSSR count). The molecule has 3 heterocycles. The van der Waals surface area contributed by atoms with E-state index in [4.69, 9.17) is 5.10 Å². The average molecular weight is 585 g/mol. The normalized spacial score (nSPS) is 22.1. The number of anilines is 1. The fraction of sp³-hybridized carbons (Fsp3) is 0.241. The number of benzene rings is 3. The minimum atomic E-state index is -0.971. The second-order valence-electron chi connectivity index (χ2n) is 9.65. The number of rotatable bonds is 6. The largest absolute Gasteiger partial charge is 0.271 e. The lowest BCUT2D eigenvalue weighted by Crippen LogP contribution is -2.44. The van der Waals surface area contributed by atoms with Crippen molar-refractivity contribution in [3.8, 4) is 0 Å². The molecule has 0 saturated carbocycles. The molecule has 0 N–H and O–H groups in total. The summed E-state index contributed by atoms with van der Waals surface area (Å²) in [7, 11) is 0. The van der Waals surface area contributed by atoms with Crippen LogP contribution < -0.4 is 4.90 Å². The van der Waals surface area contributed by atoms with Crippen LogP contribution in [0.3, 0.4) is 0 Å². The Labute approximate surface area is 233 Å². The van der Waals surface area contributed by atoms with Crippen LogP contribution in [0.1, 0.15) is 36.1 Å². The highest BCUT2D eigenvalue weighted by Crippen LogP contribution is 2.35. The van der Waals surface area contributed by atoms with Gasteiger partial charge in [0.2, 0.25) is 0 Å². The van der Waals surface area contributed by atoms with Gasteiger partial charge in [0.1, 0.15) is 6.54 Å². The third kappa shape index (κ3) is 4.54. The molecule has 0 radical (unpaired) electrons. The number of hydrogen-bond acceptors (Lipinski definition) is 7. The molecule has 196 valence electrons. The molecule has 3 aromatic rings. The summed E-state index contributed by atoms with van der Waals surface area (Å²) in [5.74, 6) is -1.21. The fourth-order valence-electron chi connectivity index (χ4n) is 5.19. The Morgan fingerprint density at radius 2 is 1.67 bits per heavy atom. The molecule has 0 spiro atoms. The van der Waals surface area contributed by atoms with Crippen molar-refractivity contribution < 1.29 is 14.4 Å². The summed E-state index contributed by atoms with van der Waals surface area (Å²) >= 11 is 3.46. The average Bonchev–Trinajstić information content (AvgIpc) is 3.65. The lowest BCUT2D eigenvalue weighted by atomic mass is 9.98. The third-order valence-electron chi connectivity index (χ3n) is 7.29. The van der Waals surface area contributed by atoms with E-state index in [1.54, 1.807) is 12.1 Å². The molecule has 39 heavy (non-hydrogen) atoms. The summed E-state index contributed by atoms with van der Waals surface area (Å²) < 4.78 is 0.956. The molecule has 1 fully saturated rings. The number of halogens is 1. The first-order valence-electron chi connectivity index (χ1n) is 12.8. The van der Waals surface area contributed by atoms with Gasteiger partial charge in [-0.05, 0) is 47.4 Å². The Balaban J connectivity index is 1.24. The maximum Gasteiger partial charge on any atom is 0.264 e. The second kappa shape index (κ2) is 10.2. The van der Waals surface area contributed by atoms with Crippen molar-refractivity contribution >= 4 is 45.1 Å². The van der Waals surface area contributed by atoms with Crippen molar-refractivity contribution in [1.29, 1.82) is 0 Å². The van der Waals surface area contributed by atoms with E-state index in [-0.39, 0.29) is 18.5 Å². The van der Waals surface area contributed by atoms with Crippen LogP contribution in [-0.4, -0.2) is 52.1 Å². The van der Waals surface area contributed by atoms with Gasteiger partial charge in [0.25, 0.3) is 17.7 Å². The molecule has 9 nitrogen and oxygen atoms in total. The van der Waals surface area contributed by atoms with Crippen molar-refractivity contribution in [2.45, 2.75) is 37.9 Å². The number of carbonyl (C=O) groups is 3. The number of fused-ring (bicyclic) bond motifs is 1. The zero-order valence-electron chi connectivity index (χ0n) is 21.1. The maximum absolute atomic E-state index is 13.7. The van der Waals surface area contributed by atoms with Crippen molar-refractivity contribution in [2.75, 3.05) is 11.4 Å². The quantitative estimate of drug-likeness (QED) is 0.393. The lowest BCUT2D eigenvalue weighted by Gasteiger charge is -2.25. The highest BCUT2D eigenvalue weighted by Gasteiger charge is 2.55. The zero-order valence-corrected chi connectivity index (χ0v) is 22.7. The number of amides is 3. The predicted octanol–water partition coefficient (Wildman–Crippen LogP) is 4.68. The zero-order chi connectivity index (χ0) is 27.1. The molecule has 0 aliphatic carbocycles. The molecule has 3 aliphatic heterocycles. The van der Waals surface area contributed by atoms with E-state index < -0.39 is 23.9 Å². The molecule has 3 aliphatic rings. The fourth-order valence-corrected chi connectivity index (χ4v) is 5.46. The molecule has 0 unspecified atom stereocenters. The van der Waals surface area contributed by atoms with E-state index in [1.165, 1.54) is 10.0 Å². The summed E-state index contributed by atoms with van der Waals surface area (Å²) in [6.07, 6.45) is 1.40. The van der Waals surface area contributed by atoms with Gasteiger partial charge in [0.05, 0.1) is 17.4 Å². The van der Waals surface area contributed by atoms with Gasteiger partial charge in [0.15, 0.2) is 12.1 Å². The van der Waals surface area contributed by atoms with Crippen LogP contribution in [0.5, 0.6) is 0 Å². The van der Waals surface area contributed by atoms with Gasteiger partial charge in [-0.25, -0.2) is 9.91 Å². The van der Waals surface area contributed by atoms with E-state index in [0.29, 0.717) is 12.1 Å². The molecule has 3 atom stereocenters. The first-order valence-corrected chi connectivity index (χ1v) is 13.6. The first-order chi connectivity index (χ1) is 18.9. The van der Waals surface area contributed by atoms with E-state index in [0.717, 1.165) is 38.2 Å². The standard InChI is InChI=1S/C29H25BrN6O3/c1-2-18-8-14-22(15-9-18)35-28(38)26-27(29(35)39)34(33-31-26)17-25(37)36-24(20-6-4-3-5-7-20)16-23(32-36)19-10-12-21(30)13-11-19/h3-15,24,26-27H,2,16-17H2,1H3/t24-,26+,27-/m0/s1. The third-order valence-corrected chi connectivity index (χ3v) is 7.81. The van der Waals surface area contributed by atoms with Gasteiger partial charge in [-0.15, -0.1) is 0 Å². The SMILES string of the molecule is CCc1ccc(N2C(=O)[C@@H]3[C@@H](N=NN3CC(=O)N3N=C(c4ccc(Br)cc4)C[C@H]3c3ccccc3)C2=O)cc1. The van der Waals surface area contributed by atoms with Crippen molar-refractivity contribution in [3.05, 3.63) is 100 Å². The number of hydrogen-bond donors (Lipinski definition) is 0. The van der Waals surface area contributed by atoms with Gasteiger partial charge in [0, 0.05) is 10.9 Å². The van der Waals surface area contributed by atoms with Crippen LogP contribution in [0, 0.1) is 0 Å². The summed E-state index contributed by atoms with van der Waals surface area (Å²) in [5.41, 5.74) is 4.27. The van der Waals surface area contributed by atoms with Crippen LogP contribution >= 0.6 is 15.9 Å². The molecule has 3 amide bonds. The highest BCUT2D eigenvalue weighted by molar-refractivity contribution is 9.10. The van der Waals surface area contributed by atoms with Crippen LogP contribution in [-0.2, 0) is 20.8 Å². The van der Waals surface area contributed by atoms with Gasteiger partial charge >= 0.3 is 0 Å². The Morgan fingerprint density at radius 1 is 0.949 bits per heavy atom. The van der Waals surface area contributed by atoms with Gasteiger partial charge in [-0.2, -0.15) is 10.2 Å². The Kier molecular flexibility index (Phi) is 6.56. The molecule has 0 bridgehead atoms. The maximum atomic E-state index is 13.7. The van der Waals surface area contributed by atoms with Gasteiger partial charge in [-0.3, -0.25) is 19.4 Å². The Hall–Kier alpha value is -4.18. The van der Waals surface area contributed by atoms with Gasteiger partial charge in [-0.1, -0.05) is 82.7 Å². The Morgan fingerprint density at radius 3 is 2.36 bits per heavy atom. The second-order valence-corrected chi connectivity index (χ2v) is 10.6. The van der Waals surface area contributed by atoms with Crippen molar-refractivity contribution in [2.24, 2.45) is 15.4 Å². The lowest BCUT2D eigenvalue weighted by molar-refractivity contribution is -0.135. The number of nitrogens with zero attached hydrogens (tertiary/aromatic N) is 6. The summed E-state index contributed by atoms with van der Waals surface area (Å²) in [6.45, 7) is 1.81. The first kappa shape index (κ1) is 25.1. The van der Waals surface area contributed by atoms with E-state index in [1.807, 2.05) is 73.7 Å². The van der Waals surface area contributed by atoms with Crippen LogP contribution in [0.15, 0.2) is 98.8 Å². The molecular formula is C29H25BrN6O3. The van der Waals surface area contributed by atoms with Crippen molar-refractivity contribution in [1.82, 2.24) is 10.0 Å². The number of imide groups is 1. The molecule has 10 heteroatoms. The van der Waals surface area contributed by atoms with Crippen LogP contribution in [0.4, 0.5) is 5.69 Å². The smallest absolute Gasteiger partial charge is 0.264 e. The minimum Gasteiger partial charge on any atom is -0.271 e. The summed E-state index contributed by atoms with van der Waals surface area (Å²) in [4.78, 5) is 41.3. The molecular weight excluding hydrogens is 560 g/mol. The van der Waals surface area contributed by atoms with Gasteiger partial charge < -0.3 is 0 Å². The molecule has 3 aromatic carbocycles. The van der Waals surface area contributed by atoms with Crippen molar-refractivity contribution in [3.63, 3.8) is 0 Å². The highest BCUT2D eigenvalue weighted by atomic mass is 79.9. The number of carbonyl (C=O) groups excluding carboxylic acids is 3. The molecule has 0 aromatic heterocycles. The summed E-state index contributed by atoms with van der Waals surface area (Å²) in [6, 6.07) is 22.6. The number of aryl methyl sites for hydroxylation is 1. The van der Waals surface area contributed by atoms with Crippen LogP contribution in [0.25, 0.3) is 0 Å². The van der Waals surface area contributed by atoms with E-state index >= 15 is 0 Å². The van der Waals surface area contributed by atoms with E-state index in [9.17, 15) is 14.4 Å². The predicted molar refractivity (Wildman–Crippen MR) is 149 cm³/mol. The Bertz CT molecular complexity index is 1490. The topological polar surface area (TPSA) is 98.0 Å². The molecule has 1 saturated heterocycles. The number of hydrazone groups is 1. The summed E-state index contributed by atoms with van der Waals surface area (Å²) in [5, 5.41) is 15.6. The minimum absolute atomic E-state index is 0.229. The van der Waals surface area contributed by atoms with E-state index in [2.05, 4.69) is 26.3 Å². The van der Waals surface area contributed by atoms with Crippen LogP contribution in [0.2, 0.25) is 0 Å². The monoisotopic (exact) mass is 584 g/mol.